The Bertz CT molecular complexity index is 525. The summed E-state index contributed by atoms with van der Waals surface area (Å²) < 4.78 is 0. The topological polar surface area (TPSA) is 57.4 Å². The maximum absolute atomic E-state index is 5.94. The van der Waals surface area contributed by atoms with E-state index >= 15 is 0 Å². The Morgan fingerprint density at radius 2 is 1.95 bits per heavy atom. The second kappa shape index (κ2) is 8.14. The molecule has 0 amide bonds. The summed E-state index contributed by atoms with van der Waals surface area (Å²) in [5.74, 6) is 0.640. The molecule has 20 heavy (non-hydrogen) atoms. The molecule has 0 spiro atoms. The van der Waals surface area contributed by atoms with E-state index in [1.54, 1.807) is 0 Å². The lowest BCUT2D eigenvalue weighted by Crippen LogP contribution is -2.37. The van der Waals surface area contributed by atoms with Crippen LogP contribution in [0.2, 0.25) is 0 Å². The van der Waals surface area contributed by atoms with E-state index in [2.05, 4.69) is 53.0 Å². The highest BCUT2D eigenvalue weighted by Gasteiger charge is 2.02. The van der Waals surface area contributed by atoms with Crippen molar-refractivity contribution in [2.24, 2.45) is 10.7 Å². The first-order valence-corrected chi connectivity index (χ1v) is 6.86. The van der Waals surface area contributed by atoms with Crippen LogP contribution in [-0.4, -0.2) is 35.5 Å². The van der Waals surface area contributed by atoms with E-state index in [9.17, 15) is 0 Å². The van der Waals surface area contributed by atoms with Gasteiger partial charge in [-0.15, -0.1) is 24.0 Å². The van der Waals surface area contributed by atoms with Gasteiger partial charge in [-0.2, -0.15) is 0 Å². The highest BCUT2D eigenvalue weighted by molar-refractivity contribution is 14.0. The largest absolute Gasteiger partial charge is 0.370 e. The van der Waals surface area contributed by atoms with Gasteiger partial charge in [-0.25, -0.2) is 0 Å². The molecule has 1 heterocycles. The lowest BCUT2D eigenvalue weighted by atomic mass is 10.2. The van der Waals surface area contributed by atoms with E-state index in [4.69, 9.17) is 5.73 Å². The zero-order valence-electron chi connectivity index (χ0n) is 12.1. The Balaban J connectivity index is 0.00000200. The van der Waals surface area contributed by atoms with Crippen LogP contribution in [0.5, 0.6) is 0 Å². The Hall–Kier alpha value is -1.24. The van der Waals surface area contributed by atoms with Crippen LogP contribution in [-0.2, 0) is 6.42 Å². The van der Waals surface area contributed by atoms with Gasteiger partial charge in [0.05, 0.1) is 0 Å². The summed E-state index contributed by atoms with van der Waals surface area (Å²) in [6.07, 6.45) is 0.886. The fraction of sp³-hybridized carbons (Fsp3) is 0.400. The number of aromatic nitrogens is 1. The fourth-order valence-corrected chi connectivity index (χ4v) is 2.21. The molecule has 0 aliphatic heterocycles. The number of nitrogens with one attached hydrogen (secondary N) is 1. The molecule has 4 nitrogen and oxygen atoms in total. The summed E-state index contributed by atoms with van der Waals surface area (Å²) in [5, 5.41) is 1.25. The van der Waals surface area contributed by atoms with Crippen molar-refractivity contribution in [1.29, 1.82) is 0 Å². The van der Waals surface area contributed by atoms with Gasteiger partial charge in [0.2, 0.25) is 0 Å². The molecular formula is C15H23IN4. The molecular weight excluding hydrogens is 363 g/mol. The minimum absolute atomic E-state index is 0. The van der Waals surface area contributed by atoms with Gasteiger partial charge in [0.25, 0.3) is 0 Å². The van der Waals surface area contributed by atoms with Gasteiger partial charge >= 0.3 is 0 Å². The number of fused-ring (bicyclic) bond motifs is 1. The van der Waals surface area contributed by atoms with Gasteiger partial charge in [0.15, 0.2) is 5.96 Å². The van der Waals surface area contributed by atoms with Gasteiger partial charge < -0.3 is 15.6 Å². The summed E-state index contributed by atoms with van der Waals surface area (Å²) in [4.78, 5) is 9.90. The van der Waals surface area contributed by atoms with Crippen molar-refractivity contribution in [3.05, 3.63) is 36.0 Å². The number of hydrogen-bond donors (Lipinski definition) is 2. The van der Waals surface area contributed by atoms with Crippen LogP contribution < -0.4 is 5.73 Å². The number of para-hydroxylation sites is 1. The second-order valence-electron chi connectivity index (χ2n) is 4.54. The van der Waals surface area contributed by atoms with Crippen LogP contribution in [0.4, 0.5) is 0 Å². The van der Waals surface area contributed by atoms with E-state index in [1.165, 1.54) is 16.6 Å². The van der Waals surface area contributed by atoms with E-state index in [-0.39, 0.29) is 24.0 Å². The minimum Gasteiger partial charge on any atom is -0.370 e. The van der Waals surface area contributed by atoms with Crippen LogP contribution in [0.3, 0.4) is 0 Å². The summed E-state index contributed by atoms with van der Waals surface area (Å²) >= 11 is 0. The molecule has 0 saturated carbocycles. The normalized spacial score (nSPS) is 11.4. The number of guanidine groups is 1. The predicted octanol–water partition coefficient (Wildman–Crippen LogP) is 2.98. The Labute approximate surface area is 137 Å². The van der Waals surface area contributed by atoms with Crippen molar-refractivity contribution in [2.45, 2.75) is 20.3 Å². The molecule has 110 valence electrons. The first-order valence-electron chi connectivity index (χ1n) is 6.86. The van der Waals surface area contributed by atoms with Crippen molar-refractivity contribution in [3.63, 3.8) is 0 Å². The van der Waals surface area contributed by atoms with E-state index < -0.39 is 0 Å². The molecule has 2 rings (SSSR count). The van der Waals surface area contributed by atoms with Crippen LogP contribution in [0, 0.1) is 0 Å². The summed E-state index contributed by atoms with van der Waals surface area (Å²) in [6.45, 7) is 6.69. The van der Waals surface area contributed by atoms with Crippen LogP contribution >= 0.6 is 24.0 Å². The third-order valence-electron chi connectivity index (χ3n) is 3.33. The number of aromatic amines is 1. The van der Waals surface area contributed by atoms with Crippen molar-refractivity contribution in [2.75, 3.05) is 19.6 Å². The average molecular weight is 386 g/mol. The SMILES string of the molecule is CCN(CC)C(N)=NCCc1cc2ccccc2[nH]1.I. The summed E-state index contributed by atoms with van der Waals surface area (Å²) in [5.41, 5.74) is 8.33. The van der Waals surface area contributed by atoms with Gasteiger partial charge in [-0.1, -0.05) is 18.2 Å². The number of H-pyrrole nitrogens is 1. The lowest BCUT2D eigenvalue weighted by molar-refractivity contribution is 0.458. The van der Waals surface area contributed by atoms with Gasteiger partial charge in [-0.3, -0.25) is 4.99 Å². The molecule has 0 fully saturated rings. The molecule has 0 unspecified atom stereocenters. The van der Waals surface area contributed by atoms with Gasteiger partial charge in [0.1, 0.15) is 0 Å². The number of benzene rings is 1. The number of nitrogens with zero attached hydrogens (tertiary/aromatic N) is 2. The lowest BCUT2D eigenvalue weighted by Gasteiger charge is -2.19. The summed E-state index contributed by atoms with van der Waals surface area (Å²) in [7, 11) is 0. The van der Waals surface area contributed by atoms with E-state index in [0.29, 0.717) is 5.96 Å². The molecule has 0 radical (unpaired) electrons. The smallest absolute Gasteiger partial charge is 0.191 e. The number of hydrogen-bond acceptors (Lipinski definition) is 1. The molecule has 0 bridgehead atoms. The highest BCUT2D eigenvalue weighted by atomic mass is 127. The van der Waals surface area contributed by atoms with Crippen molar-refractivity contribution in [3.8, 4) is 0 Å². The first kappa shape index (κ1) is 16.8. The van der Waals surface area contributed by atoms with E-state index in [0.717, 1.165) is 26.1 Å². The standard InChI is InChI=1S/C15H22N4.HI/c1-3-19(4-2)15(16)17-10-9-13-11-12-7-5-6-8-14(12)18-13;/h5-8,11,18H,3-4,9-10H2,1-2H3,(H2,16,17);1H. The third kappa shape index (κ3) is 4.13. The molecule has 0 atom stereocenters. The molecule has 3 N–H and O–H groups in total. The Morgan fingerprint density at radius 1 is 1.25 bits per heavy atom. The minimum atomic E-state index is 0. The molecule has 0 saturated heterocycles. The third-order valence-corrected chi connectivity index (χ3v) is 3.33. The van der Waals surface area contributed by atoms with Crippen molar-refractivity contribution >= 4 is 40.8 Å². The highest BCUT2D eigenvalue weighted by Crippen LogP contribution is 2.14. The van der Waals surface area contributed by atoms with E-state index in [1.807, 2.05) is 6.07 Å². The van der Waals surface area contributed by atoms with Crippen molar-refractivity contribution < 1.29 is 0 Å². The predicted molar refractivity (Wildman–Crippen MR) is 96.8 cm³/mol. The van der Waals surface area contributed by atoms with Crippen LogP contribution in [0.25, 0.3) is 10.9 Å². The summed E-state index contributed by atoms with van der Waals surface area (Å²) in [6, 6.07) is 10.5. The molecule has 1 aromatic carbocycles. The molecule has 2 aromatic rings. The Morgan fingerprint density at radius 3 is 2.60 bits per heavy atom. The number of nitrogens with two attached hydrogens (primary N) is 1. The fourth-order valence-electron chi connectivity index (χ4n) is 2.21. The second-order valence-corrected chi connectivity index (χ2v) is 4.54. The maximum Gasteiger partial charge on any atom is 0.191 e. The molecule has 0 aliphatic carbocycles. The zero-order valence-corrected chi connectivity index (χ0v) is 14.4. The number of aliphatic imine (C=N–C) groups is 1. The average Bonchev–Trinajstić information content (AvgIpc) is 2.82. The van der Waals surface area contributed by atoms with Crippen LogP contribution in [0.1, 0.15) is 19.5 Å². The number of rotatable bonds is 5. The number of halogens is 1. The van der Waals surface area contributed by atoms with Gasteiger partial charge in [0, 0.05) is 37.3 Å². The Kier molecular flexibility index (Phi) is 6.84. The zero-order chi connectivity index (χ0) is 13.7. The maximum atomic E-state index is 5.94. The molecule has 5 heteroatoms. The monoisotopic (exact) mass is 386 g/mol. The quantitative estimate of drug-likeness (QED) is 0.472. The molecule has 0 aliphatic rings. The van der Waals surface area contributed by atoms with Crippen molar-refractivity contribution in [1.82, 2.24) is 9.88 Å². The first-order chi connectivity index (χ1) is 9.24. The van der Waals surface area contributed by atoms with Crippen LogP contribution in [0.15, 0.2) is 35.3 Å². The molecule has 1 aromatic heterocycles. The van der Waals surface area contributed by atoms with Gasteiger partial charge in [-0.05, 0) is 31.4 Å².